The Balaban J connectivity index is 0. The summed E-state index contributed by atoms with van der Waals surface area (Å²) >= 11 is 5.66. The first-order valence-electron chi connectivity index (χ1n) is 2.91. The summed E-state index contributed by atoms with van der Waals surface area (Å²) in [5, 5.41) is 0.375. The summed E-state index contributed by atoms with van der Waals surface area (Å²) in [5.41, 5.74) is 0. The molecular weight excluding hydrogens is 131 g/mol. The van der Waals surface area contributed by atoms with Crippen LogP contribution in [0.1, 0.15) is 33.1 Å². The number of alkyl halides is 1. The predicted molar refractivity (Wildman–Crippen MR) is 42.0 cm³/mol. The van der Waals surface area contributed by atoms with E-state index in [1.165, 1.54) is 12.8 Å². The van der Waals surface area contributed by atoms with Crippen molar-refractivity contribution in [3.63, 3.8) is 0 Å². The SMILES string of the molecule is CCCCC(C)Cl.[NaH]. The second-order valence-electron chi connectivity index (χ2n) is 1.92. The summed E-state index contributed by atoms with van der Waals surface area (Å²) in [6.45, 7) is 4.22. The third-order valence-electron chi connectivity index (χ3n) is 0.955. The van der Waals surface area contributed by atoms with Crippen molar-refractivity contribution >= 4 is 41.2 Å². The van der Waals surface area contributed by atoms with Gasteiger partial charge in [0.05, 0.1) is 0 Å². The molecule has 0 aromatic carbocycles. The van der Waals surface area contributed by atoms with E-state index in [1.54, 1.807) is 0 Å². The van der Waals surface area contributed by atoms with Crippen molar-refractivity contribution in [2.24, 2.45) is 0 Å². The first-order valence-corrected chi connectivity index (χ1v) is 3.35. The molecule has 0 nitrogen and oxygen atoms in total. The predicted octanol–water partition coefficient (Wildman–Crippen LogP) is 2.16. The van der Waals surface area contributed by atoms with E-state index in [2.05, 4.69) is 6.92 Å². The van der Waals surface area contributed by atoms with Crippen molar-refractivity contribution in [2.45, 2.75) is 38.5 Å². The van der Waals surface area contributed by atoms with Crippen LogP contribution in [0.3, 0.4) is 0 Å². The van der Waals surface area contributed by atoms with E-state index in [-0.39, 0.29) is 29.6 Å². The summed E-state index contributed by atoms with van der Waals surface area (Å²) in [7, 11) is 0. The van der Waals surface area contributed by atoms with E-state index in [1.807, 2.05) is 6.92 Å². The Bertz CT molecular complexity index is 37.5. The minimum absolute atomic E-state index is 0. The molecular formula is C6H14ClNa. The van der Waals surface area contributed by atoms with Crippen molar-refractivity contribution in [1.29, 1.82) is 0 Å². The van der Waals surface area contributed by atoms with Gasteiger partial charge in [-0.3, -0.25) is 0 Å². The number of hydrogen-bond donors (Lipinski definition) is 0. The van der Waals surface area contributed by atoms with Gasteiger partial charge in [-0.2, -0.15) is 0 Å². The van der Waals surface area contributed by atoms with E-state index in [0.29, 0.717) is 5.38 Å². The van der Waals surface area contributed by atoms with Crippen molar-refractivity contribution in [2.75, 3.05) is 0 Å². The molecule has 0 aromatic heterocycles. The first kappa shape index (κ1) is 12.0. The maximum absolute atomic E-state index is 5.66. The van der Waals surface area contributed by atoms with Gasteiger partial charge in [-0.25, -0.2) is 0 Å². The molecule has 2 heteroatoms. The number of halogens is 1. The zero-order valence-electron chi connectivity index (χ0n) is 5.08. The van der Waals surface area contributed by atoms with E-state index < -0.39 is 0 Å². The molecule has 46 valence electrons. The molecule has 0 spiro atoms. The van der Waals surface area contributed by atoms with Crippen molar-refractivity contribution in [3.8, 4) is 0 Å². The van der Waals surface area contributed by atoms with E-state index in [9.17, 15) is 0 Å². The molecule has 0 N–H and O–H groups in total. The zero-order chi connectivity index (χ0) is 5.70. The van der Waals surface area contributed by atoms with Gasteiger partial charge in [0.15, 0.2) is 0 Å². The molecule has 0 aliphatic carbocycles. The second kappa shape index (κ2) is 8.29. The van der Waals surface area contributed by atoms with Crippen LogP contribution in [0.2, 0.25) is 0 Å². The Morgan fingerprint density at radius 1 is 1.50 bits per heavy atom. The molecule has 0 rings (SSSR count). The number of rotatable bonds is 3. The van der Waals surface area contributed by atoms with Crippen LogP contribution in [0.15, 0.2) is 0 Å². The Kier molecular flexibility index (Phi) is 12.4. The Morgan fingerprint density at radius 3 is 2.12 bits per heavy atom. The van der Waals surface area contributed by atoms with Gasteiger partial charge in [0.2, 0.25) is 0 Å². The fraction of sp³-hybridized carbons (Fsp3) is 1.00. The summed E-state index contributed by atoms with van der Waals surface area (Å²) in [4.78, 5) is 0. The first-order chi connectivity index (χ1) is 3.27. The van der Waals surface area contributed by atoms with E-state index in [4.69, 9.17) is 11.6 Å². The summed E-state index contributed by atoms with van der Waals surface area (Å²) in [6.07, 6.45) is 3.69. The Labute approximate surface area is 79.3 Å². The quantitative estimate of drug-likeness (QED) is 0.421. The minimum atomic E-state index is 0. The monoisotopic (exact) mass is 144 g/mol. The average Bonchev–Trinajstić information content (AvgIpc) is 1.61. The van der Waals surface area contributed by atoms with Gasteiger partial charge in [-0.1, -0.05) is 19.8 Å². The van der Waals surface area contributed by atoms with Crippen molar-refractivity contribution in [1.82, 2.24) is 0 Å². The fourth-order valence-corrected chi connectivity index (χ4v) is 0.640. The Hall–Kier alpha value is 1.29. The summed E-state index contributed by atoms with van der Waals surface area (Å²) in [6, 6.07) is 0. The summed E-state index contributed by atoms with van der Waals surface area (Å²) < 4.78 is 0. The van der Waals surface area contributed by atoms with Crippen LogP contribution in [0.4, 0.5) is 0 Å². The molecule has 1 atom stereocenters. The molecule has 0 aromatic rings. The average molecular weight is 145 g/mol. The second-order valence-corrected chi connectivity index (χ2v) is 2.67. The van der Waals surface area contributed by atoms with Gasteiger partial charge in [0, 0.05) is 5.38 Å². The van der Waals surface area contributed by atoms with Gasteiger partial charge in [-0.05, 0) is 13.3 Å². The van der Waals surface area contributed by atoms with Gasteiger partial charge >= 0.3 is 29.6 Å². The standard InChI is InChI=1S/C6H13Cl.Na.H/c1-3-4-5-6(2)7;;/h6H,3-5H2,1-2H3;;. The molecule has 0 amide bonds. The van der Waals surface area contributed by atoms with E-state index in [0.717, 1.165) is 6.42 Å². The molecule has 0 aliphatic rings. The van der Waals surface area contributed by atoms with Gasteiger partial charge in [0.1, 0.15) is 0 Å². The van der Waals surface area contributed by atoms with Gasteiger partial charge in [0.25, 0.3) is 0 Å². The van der Waals surface area contributed by atoms with Crippen molar-refractivity contribution in [3.05, 3.63) is 0 Å². The number of hydrogen-bond acceptors (Lipinski definition) is 0. The topological polar surface area (TPSA) is 0 Å². The van der Waals surface area contributed by atoms with Gasteiger partial charge < -0.3 is 0 Å². The fourth-order valence-electron chi connectivity index (χ4n) is 0.485. The third kappa shape index (κ3) is 10.3. The van der Waals surface area contributed by atoms with Crippen LogP contribution in [0, 0.1) is 0 Å². The van der Waals surface area contributed by atoms with Crippen molar-refractivity contribution < 1.29 is 0 Å². The molecule has 0 bridgehead atoms. The van der Waals surface area contributed by atoms with E-state index >= 15 is 0 Å². The maximum atomic E-state index is 5.66. The zero-order valence-corrected chi connectivity index (χ0v) is 5.83. The van der Waals surface area contributed by atoms with Crippen LogP contribution < -0.4 is 0 Å². The van der Waals surface area contributed by atoms with Crippen LogP contribution in [0.25, 0.3) is 0 Å². The molecule has 1 unspecified atom stereocenters. The van der Waals surface area contributed by atoms with Crippen LogP contribution >= 0.6 is 11.6 Å². The molecule has 0 saturated heterocycles. The number of unbranched alkanes of at least 4 members (excludes halogenated alkanes) is 1. The normalized spacial score (nSPS) is 12.4. The van der Waals surface area contributed by atoms with Crippen LogP contribution in [-0.4, -0.2) is 34.9 Å². The molecule has 0 heterocycles. The third-order valence-corrected chi connectivity index (χ3v) is 1.17. The summed E-state index contributed by atoms with van der Waals surface area (Å²) in [5.74, 6) is 0. The van der Waals surface area contributed by atoms with Gasteiger partial charge in [-0.15, -0.1) is 11.6 Å². The molecule has 0 aliphatic heterocycles. The Morgan fingerprint density at radius 2 is 2.00 bits per heavy atom. The van der Waals surface area contributed by atoms with Crippen LogP contribution in [0.5, 0.6) is 0 Å². The molecule has 0 saturated carbocycles. The molecule has 0 fully saturated rings. The van der Waals surface area contributed by atoms with Crippen LogP contribution in [-0.2, 0) is 0 Å². The molecule has 0 radical (unpaired) electrons. The molecule has 8 heavy (non-hydrogen) atoms.